The minimum absolute atomic E-state index is 0.261. The van der Waals surface area contributed by atoms with Gasteiger partial charge in [-0.1, -0.05) is 34.8 Å². The summed E-state index contributed by atoms with van der Waals surface area (Å²) in [7, 11) is 1.26. The molecule has 0 unspecified atom stereocenters. The van der Waals surface area contributed by atoms with Crippen LogP contribution in [0.25, 0.3) is 0 Å². The highest BCUT2D eigenvalue weighted by molar-refractivity contribution is 6.37. The van der Waals surface area contributed by atoms with Gasteiger partial charge >= 0.3 is 12.0 Å². The summed E-state index contributed by atoms with van der Waals surface area (Å²) in [4.78, 5) is 23.5. The molecule has 0 saturated carbocycles. The summed E-state index contributed by atoms with van der Waals surface area (Å²) >= 11 is 17.8. The van der Waals surface area contributed by atoms with Gasteiger partial charge in [0, 0.05) is 5.02 Å². The number of rotatable bonds is 3. The molecule has 2 rings (SSSR count). The third-order valence-electron chi connectivity index (χ3n) is 2.81. The number of benzene rings is 2. The van der Waals surface area contributed by atoms with Gasteiger partial charge in [0.25, 0.3) is 0 Å². The molecule has 0 fully saturated rings. The molecule has 8 heteroatoms. The van der Waals surface area contributed by atoms with Crippen LogP contribution in [-0.4, -0.2) is 19.1 Å². The van der Waals surface area contributed by atoms with E-state index in [1.54, 1.807) is 12.1 Å². The predicted octanol–water partition coefficient (Wildman–Crippen LogP) is 5.08. The van der Waals surface area contributed by atoms with Crippen molar-refractivity contribution in [3.05, 3.63) is 57.0 Å². The van der Waals surface area contributed by atoms with Crippen LogP contribution in [0, 0.1) is 0 Å². The van der Waals surface area contributed by atoms with Crippen LogP contribution in [0.15, 0.2) is 36.4 Å². The Labute approximate surface area is 147 Å². The van der Waals surface area contributed by atoms with Crippen LogP contribution in [-0.2, 0) is 4.74 Å². The van der Waals surface area contributed by atoms with Crippen LogP contribution in [0.5, 0.6) is 0 Å². The van der Waals surface area contributed by atoms with Crippen molar-refractivity contribution in [2.75, 3.05) is 17.7 Å². The van der Waals surface area contributed by atoms with Crippen molar-refractivity contribution in [3.8, 4) is 0 Å². The number of hydrogen-bond acceptors (Lipinski definition) is 3. The zero-order valence-corrected chi connectivity index (χ0v) is 14.1. The van der Waals surface area contributed by atoms with Crippen molar-refractivity contribution in [1.29, 1.82) is 0 Å². The summed E-state index contributed by atoms with van der Waals surface area (Å²) in [6.07, 6.45) is 0. The largest absolute Gasteiger partial charge is 0.465 e. The molecule has 2 amide bonds. The Hall–Kier alpha value is -1.95. The van der Waals surface area contributed by atoms with E-state index >= 15 is 0 Å². The first-order chi connectivity index (χ1) is 10.9. The smallest absolute Gasteiger partial charge is 0.337 e. The zero-order chi connectivity index (χ0) is 17.0. The molecule has 23 heavy (non-hydrogen) atoms. The van der Waals surface area contributed by atoms with Gasteiger partial charge in [-0.05, 0) is 36.4 Å². The lowest BCUT2D eigenvalue weighted by atomic mass is 10.2. The highest BCUT2D eigenvalue weighted by Crippen LogP contribution is 2.27. The molecule has 120 valence electrons. The summed E-state index contributed by atoms with van der Waals surface area (Å²) in [5.41, 5.74) is 0.905. The van der Waals surface area contributed by atoms with Crippen LogP contribution in [0.3, 0.4) is 0 Å². The summed E-state index contributed by atoms with van der Waals surface area (Å²) < 4.78 is 4.62. The number of nitrogens with one attached hydrogen (secondary N) is 2. The Morgan fingerprint density at radius 2 is 1.61 bits per heavy atom. The average Bonchev–Trinajstić information content (AvgIpc) is 2.51. The van der Waals surface area contributed by atoms with Crippen LogP contribution < -0.4 is 10.6 Å². The molecular weight excluding hydrogens is 363 g/mol. The van der Waals surface area contributed by atoms with E-state index in [-0.39, 0.29) is 16.3 Å². The van der Waals surface area contributed by atoms with Gasteiger partial charge < -0.3 is 15.4 Å². The number of ether oxygens (including phenoxy) is 1. The topological polar surface area (TPSA) is 67.4 Å². The molecule has 2 aromatic carbocycles. The number of amides is 2. The van der Waals surface area contributed by atoms with E-state index in [4.69, 9.17) is 34.8 Å². The fourth-order valence-electron chi connectivity index (χ4n) is 1.73. The Morgan fingerprint density at radius 3 is 2.26 bits per heavy atom. The molecule has 0 heterocycles. The Kier molecular flexibility index (Phi) is 5.71. The fourth-order valence-corrected chi connectivity index (χ4v) is 2.35. The number of halogens is 3. The Balaban J connectivity index is 2.15. The van der Waals surface area contributed by atoms with Crippen molar-refractivity contribution in [3.63, 3.8) is 0 Å². The zero-order valence-electron chi connectivity index (χ0n) is 11.8. The molecule has 0 aliphatic rings. The van der Waals surface area contributed by atoms with Crippen molar-refractivity contribution in [1.82, 2.24) is 0 Å². The molecule has 0 radical (unpaired) electrons. The van der Waals surface area contributed by atoms with Gasteiger partial charge in [-0.3, -0.25) is 0 Å². The maximum atomic E-state index is 12.0. The van der Waals surface area contributed by atoms with Gasteiger partial charge in [0.15, 0.2) is 0 Å². The van der Waals surface area contributed by atoms with Gasteiger partial charge in [0.05, 0.1) is 34.1 Å². The van der Waals surface area contributed by atoms with Crippen molar-refractivity contribution < 1.29 is 14.3 Å². The predicted molar refractivity (Wildman–Crippen MR) is 91.9 cm³/mol. The van der Waals surface area contributed by atoms with Gasteiger partial charge in [-0.2, -0.15) is 0 Å². The Morgan fingerprint density at radius 1 is 0.913 bits per heavy atom. The van der Waals surface area contributed by atoms with Crippen molar-refractivity contribution in [2.24, 2.45) is 0 Å². The van der Waals surface area contributed by atoms with Gasteiger partial charge in [-0.15, -0.1) is 0 Å². The van der Waals surface area contributed by atoms with E-state index in [9.17, 15) is 9.59 Å². The number of urea groups is 1. The maximum absolute atomic E-state index is 12.0. The number of carbonyl (C=O) groups excluding carboxylic acids is 2. The average molecular weight is 374 g/mol. The summed E-state index contributed by atoms with van der Waals surface area (Å²) in [5, 5.41) is 6.12. The van der Waals surface area contributed by atoms with E-state index in [1.807, 2.05) is 0 Å². The minimum atomic E-state index is -0.571. The number of carbonyl (C=O) groups is 2. The second kappa shape index (κ2) is 7.55. The van der Waals surface area contributed by atoms with E-state index < -0.39 is 12.0 Å². The van der Waals surface area contributed by atoms with Crippen molar-refractivity contribution >= 4 is 58.2 Å². The van der Waals surface area contributed by atoms with Crippen molar-refractivity contribution in [2.45, 2.75) is 0 Å². The third-order valence-corrected chi connectivity index (χ3v) is 3.69. The first kappa shape index (κ1) is 17.4. The highest BCUT2D eigenvalue weighted by atomic mass is 35.5. The maximum Gasteiger partial charge on any atom is 0.337 e. The third kappa shape index (κ3) is 4.51. The number of anilines is 2. The highest BCUT2D eigenvalue weighted by Gasteiger charge is 2.12. The first-order valence-electron chi connectivity index (χ1n) is 6.31. The van der Waals surface area contributed by atoms with Crippen LogP contribution in [0.2, 0.25) is 15.1 Å². The molecule has 0 bridgehead atoms. The second-order valence-corrected chi connectivity index (χ2v) is 5.64. The molecule has 5 nitrogen and oxygen atoms in total. The lowest BCUT2D eigenvalue weighted by molar-refractivity contribution is 0.0600. The van der Waals surface area contributed by atoms with Crippen LogP contribution in [0.1, 0.15) is 10.4 Å². The number of hydrogen-bond donors (Lipinski definition) is 2. The van der Waals surface area contributed by atoms with E-state index in [0.29, 0.717) is 15.7 Å². The van der Waals surface area contributed by atoms with Gasteiger partial charge in [0.1, 0.15) is 0 Å². The Bertz CT molecular complexity index is 766. The van der Waals surface area contributed by atoms with E-state index in [0.717, 1.165) is 0 Å². The van der Waals surface area contributed by atoms with Gasteiger partial charge in [-0.25, -0.2) is 9.59 Å². The lowest BCUT2D eigenvalue weighted by Gasteiger charge is -2.11. The van der Waals surface area contributed by atoms with Crippen LogP contribution >= 0.6 is 34.8 Å². The SMILES string of the molecule is COC(=O)c1ccc(Cl)c(NC(=O)Nc2ccc(Cl)cc2Cl)c1. The van der Waals surface area contributed by atoms with Gasteiger partial charge in [0.2, 0.25) is 0 Å². The fraction of sp³-hybridized carbons (Fsp3) is 0.0667. The molecule has 0 aromatic heterocycles. The summed E-state index contributed by atoms with van der Waals surface area (Å²) in [6, 6.07) is 8.48. The number of methoxy groups -OCH3 is 1. The molecular formula is C15H11Cl3N2O3. The summed E-state index contributed by atoms with van der Waals surface area (Å²) in [5.74, 6) is -0.536. The number of esters is 1. The molecule has 2 aromatic rings. The quantitative estimate of drug-likeness (QED) is 0.737. The normalized spacial score (nSPS) is 10.1. The molecule has 0 saturated heterocycles. The van der Waals surface area contributed by atoms with E-state index in [2.05, 4.69) is 15.4 Å². The first-order valence-corrected chi connectivity index (χ1v) is 7.45. The second-order valence-electron chi connectivity index (χ2n) is 4.39. The lowest BCUT2D eigenvalue weighted by Crippen LogP contribution is -2.20. The van der Waals surface area contributed by atoms with Crippen LogP contribution in [0.4, 0.5) is 16.2 Å². The molecule has 0 aliphatic heterocycles. The minimum Gasteiger partial charge on any atom is -0.465 e. The molecule has 0 spiro atoms. The standard InChI is InChI=1S/C15H11Cl3N2O3/c1-23-14(21)8-2-4-10(17)13(6-8)20-15(22)19-12-5-3-9(16)7-11(12)18/h2-7H,1H3,(H2,19,20,22). The molecule has 2 N–H and O–H groups in total. The molecule has 0 aliphatic carbocycles. The molecule has 0 atom stereocenters. The summed E-state index contributed by atoms with van der Waals surface area (Å²) in [6.45, 7) is 0. The monoisotopic (exact) mass is 372 g/mol. The van der Waals surface area contributed by atoms with E-state index in [1.165, 1.54) is 31.4 Å².